The normalized spacial score (nSPS) is 14.8. The van der Waals surface area contributed by atoms with Gasteiger partial charge in [-0.15, -0.1) is 0 Å². The molecule has 0 unspecified atom stereocenters. The van der Waals surface area contributed by atoms with Gasteiger partial charge < -0.3 is 20.1 Å². The predicted molar refractivity (Wildman–Crippen MR) is 126 cm³/mol. The van der Waals surface area contributed by atoms with Crippen LogP contribution in [0.5, 0.6) is 5.75 Å². The van der Waals surface area contributed by atoms with Crippen LogP contribution in [0.4, 0.5) is 16.3 Å². The number of nitriles is 1. The van der Waals surface area contributed by atoms with Crippen LogP contribution in [0.25, 0.3) is 0 Å². The maximum atomic E-state index is 12.3. The highest BCUT2D eigenvalue weighted by Crippen LogP contribution is 2.31. The molecule has 2 heterocycles. The van der Waals surface area contributed by atoms with Gasteiger partial charge in [0.25, 0.3) is 0 Å². The fraction of sp³-hybridized carbons (Fsp3) is 0.455. The molecule has 10 nitrogen and oxygen atoms in total. The first-order valence-corrected chi connectivity index (χ1v) is 11.1. The van der Waals surface area contributed by atoms with E-state index in [0.717, 1.165) is 51.4 Å². The van der Waals surface area contributed by atoms with Crippen LogP contribution in [0.1, 0.15) is 18.2 Å². The molecule has 0 radical (unpaired) electrons. The first-order chi connectivity index (χ1) is 16.0. The van der Waals surface area contributed by atoms with Gasteiger partial charge in [0.15, 0.2) is 11.5 Å². The Morgan fingerprint density at radius 2 is 2.09 bits per heavy atom. The number of hydrogen-bond donors (Lipinski definition) is 3. The third-order valence-corrected chi connectivity index (χ3v) is 5.50. The number of benzene rings is 1. The maximum Gasteiger partial charge on any atom is 0.325 e. The molecule has 1 aromatic heterocycles. The largest absolute Gasteiger partial charge is 0.495 e. The number of carbonyl (C=O) groups is 1. The molecule has 1 saturated heterocycles. The van der Waals surface area contributed by atoms with Crippen LogP contribution in [0.3, 0.4) is 0 Å². The Hall–Kier alpha value is -2.97. The molecule has 3 N–H and O–H groups in total. The van der Waals surface area contributed by atoms with Crippen molar-refractivity contribution >= 4 is 29.1 Å². The monoisotopic (exact) mass is 473 g/mol. The summed E-state index contributed by atoms with van der Waals surface area (Å²) in [6.07, 6.45) is 3.30. The number of rotatable bonds is 9. The SMILES string of the molecule is COc1cc(CCN[C@@H](C)CN2CCOCC2)c(Cl)cc1NC(=O)Nc1cnc(C#N)cn1. The second kappa shape index (κ2) is 12.3. The summed E-state index contributed by atoms with van der Waals surface area (Å²) in [5.74, 6) is 0.710. The molecule has 0 bridgehead atoms. The quantitative estimate of drug-likeness (QED) is 0.507. The number of carbonyl (C=O) groups excluding carboxylic acids is 1. The number of nitrogens with zero attached hydrogens (tertiary/aromatic N) is 4. The van der Waals surface area contributed by atoms with Gasteiger partial charge in [0.05, 0.1) is 38.4 Å². The molecule has 33 heavy (non-hydrogen) atoms. The summed E-state index contributed by atoms with van der Waals surface area (Å²) >= 11 is 6.48. The van der Waals surface area contributed by atoms with Crippen LogP contribution < -0.4 is 20.7 Å². The summed E-state index contributed by atoms with van der Waals surface area (Å²) in [4.78, 5) is 22.6. The van der Waals surface area contributed by atoms with Crippen molar-refractivity contribution in [2.75, 3.05) is 57.1 Å². The summed E-state index contributed by atoms with van der Waals surface area (Å²) in [5.41, 5.74) is 1.51. The zero-order valence-electron chi connectivity index (χ0n) is 18.7. The van der Waals surface area contributed by atoms with E-state index >= 15 is 0 Å². The predicted octanol–water partition coefficient (Wildman–Crippen LogP) is 2.51. The Morgan fingerprint density at radius 3 is 2.76 bits per heavy atom. The van der Waals surface area contributed by atoms with E-state index in [1.165, 1.54) is 19.5 Å². The summed E-state index contributed by atoms with van der Waals surface area (Å²) < 4.78 is 10.8. The van der Waals surface area contributed by atoms with Gasteiger partial charge in [-0.1, -0.05) is 11.6 Å². The topological polar surface area (TPSA) is 124 Å². The van der Waals surface area contributed by atoms with Crippen molar-refractivity contribution in [3.05, 3.63) is 40.8 Å². The van der Waals surface area contributed by atoms with Crippen molar-refractivity contribution < 1.29 is 14.3 Å². The summed E-state index contributed by atoms with van der Waals surface area (Å²) in [7, 11) is 1.53. The molecule has 11 heteroatoms. The Bertz CT molecular complexity index is 975. The molecule has 0 aliphatic carbocycles. The number of morpholine rings is 1. The Morgan fingerprint density at radius 1 is 1.30 bits per heavy atom. The lowest BCUT2D eigenvalue weighted by Gasteiger charge is -2.29. The molecule has 3 rings (SSSR count). The van der Waals surface area contributed by atoms with Gasteiger partial charge in [0, 0.05) is 30.7 Å². The molecular weight excluding hydrogens is 446 g/mol. The first kappa shape index (κ1) is 24.7. The third kappa shape index (κ3) is 7.54. The fourth-order valence-corrected chi connectivity index (χ4v) is 3.72. The van der Waals surface area contributed by atoms with Gasteiger partial charge in [-0.2, -0.15) is 5.26 Å². The van der Waals surface area contributed by atoms with Crippen molar-refractivity contribution in [3.63, 3.8) is 0 Å². The Balaban J connectivity index is 1.53. The van der Waals surface area contributed by atoms with Crippen molar-refractivity contribution in [1.82, 2.24) is 20.2 Å². The van der Waals surface area contributed by atoms with Crippen LogP contribution in [0.2, 0.25) is 5.02 Å². The minimum absolute atomic E-state index is 0.162. The Labute approximate surface area is 198 Å². The number of aromatic nitrogens is 2. The highest BCUT2D eigenvalue weighted by molar-refractivity contribution is 6.31. The smallest absolute Gasteiger partial charge is 0.325 e. The lowest BCUT2D eigenvalue weighted by atomic mass is 10.1. The highest BCUT2D eigenvalue weighted by atomic mass is 35.5. The summed E-state index contributed by atoms with van der Waals surface area (Å²) in [5, 5.41) is 18.1. The molecule has 1 fully saturated rings. The molecule has 1 aliphatic rings. The van der Waals surface area contributed by atoms with Crippen molar-refractivity contribution in [1.29, 1.82) is 5.26 Å². The van der Waals surface area contributed by atoms with E-state index in [1.807, 2.05) is 12.1 Å². The Kier molecular flexibility index (Phi) is 9.21. The van der Waals surface area contributed by atoms with Crippen molar-refractivity contribution in [2.45, 2.75) is 19.4 Å². The van der Waals surface area contributed by atoms with Crippen LogP contribution in [0, 0.1) is 11.3 Å². The van der Waals surface area contributed by atoms with Crippen LogP contribution in [-0.2, 0) is 11.2 Å². The van der Waals surface area contributed by atoms with E-state index in [2.05, 4.69) is 37.7 Å². The van der Waals surface area contributed by atoms with Gasteiger partial charge in [-0.25, -0.2) is 14.8 Å². The van der Waals surface area contributed by atoms with E-state index in [-0.39, 0.29) is 11.5 Å². The van der Waals surface area contributed by atoms with Gasteiger partial charge in [0.2, 0.25) is 0 Å². The van der Waals surface area contributed by atoms with Crippen LogP contribution >= 0.6 is 11.6 Å². The van der Waals surface area contributed by atoms with Crippen molar-refractivity contribution in [3.8, 4) is 11.8 Å². The van der Waals surface area contributed by atoms with Crippen molar-refractivity contribution in [2.24, 2.45) is 0 Å². The maximum absolute atomic E-state index is 12.3. The molecule has 0 spiro atoms. The molecule has 1 atom stereocenters. The van der Waals surface area contributed by atoms with Gasteiger partial charge in [-0.3, -0.25) is 10.2 Å². The molecule has 0 saturated carbocycles. The molecule has 1 aromatic carbocycles. The summed E-state index contributed by atoms with van der Waals surface area (Å²) in [6, 6.07) is 5.17. The molecule has 2 amide bonds. The zero-order valence-corrected chi connectivity index (χ0v) is 19.5. The average molecular weight is 474 g/mol. The van der Waals surface area contributed by atoms with E-state index in [9.17, 15) is 4.79 Å². The zero-order chi connectivity index (χ0) is 23.6. The van der Waals surface area contributed by atoms with Gasteiger partial charge in [-0.05, 0) is 37.6 Å². The molecule has 176 valence electrons. The number of ether oxygens (including phenoxy) is 2. The lowest BCUT2D eigenvalue weighted by molar-refractivity contribution is 0.0344. The average Bonchev–Trinajstić information content (AvgIpc) is 2.81. The number of hydrogen-bond acceptors (Lipinski definition) is 8. The molecule has 2 aromatic rings. The minimum Gasteiger partial charge on any atom is -0.495 e. The lowest BCUT2D eigenvalue weighted by Crippen LogP contribution is -2.44. The van der Waals surface area contributed by atoms with E-state index < -0.39 is 6.03 Å². The molecular formula is C22H28ClN7O3. The van der Waals surface area contributed by atoms with Gasteiger partial charge >= 0.3 is 6.03 Å². The minimum atomic E-state index is -0.533. The summed E-state index contributed by atoms with van der Waals surface area (Å²) in [6.45, 7) is 7.43. The fourth-order valence-electron chi connectivity index (χ4n) is 3.46. The van der Waals surface area contributed by atoms with E-state index in [0.29, 0.717) is 22.5 Å². The van der Waals surface area contributed by atoms with Gasteiger partial charge in [0.1, 0.15) is 11.8 Å². The number of nitrogens with one attached hydrogen (secondary N) is 3. The van der Waals surface area contributed by atoms with E-state index in [4.69, 9.17) is 26.3 Å². The second-order valence-electron chi connectivity index (χ2n) is 7.64. The third-order valence-electron chi connectivity index (χ3n) is 5.15. The molecule has 1 aliphatic heterocycles. The number of halogens is 1. The number of methoxy groups -OCH3 is 1. The van der Waals surface area contributed by atoms with Crippen LogP contribution in [-0.4, -0.2) is 73.4 Å². The van der Waals surface area contributed by atoms with Crippen LogP contribution in [0.15, 0.2) is 24.5 Å². The standard InChI is InChI=1S/C22H28ClN7O3/c1-15(14-30-5-7-33-8-6-30)25-4-3-16-9-20(32-2)19(10-18(16)23)28-22(31)29-21-13-26-17(11-24)12-27-21/h9-10,12-13,15,25H,3-8,14H2,1-2H3,(H2,27,28,29,31)/t15-/m0/s1. The second-order valence-corrected chi connectivity index (χ2v) is 8.05. The highest BCUT2D eigenvalue weighted by Gasteiger charge is 2.15. The first-order valence-electron chi connectivity index (χ1n) is 10.7. The van der Waals surface area contributed by atoms with E-state index in [1.54, 1.807) is 6.07 Å². The number of amides is 2. The number of urea groups is 1. The number of anilines is 2.